The molecule has 0 aromatic heterocycles. The van der Waals surface area contributed by atoms with E-state index in [0.717, 1.165) is 5.56 Å². The highest BCUT2D eigenvalue weighted by molar-refractivity contribution is 6.31. The first-order valence-electron chi connectivity index (χ1n) is 6.45. The van der Waals surface area contributed by atoms with Gasteiger partial charge in [-0.1, -0.05) is 29.8 Å². The van der Waals surface area contributed by atoms with Crippen LogP contribution >= 0.6 is 11.6 Å². The van der Waals surface area contributed by atoms with Crippen LogP contribution in [-0.2, 0) is 6.54 Å². The van der Waals surface area contributed by atoms with E-state index >= 15 is 0 Å². The Hall–Kier alpha value is -2.20. The van der Waals surface area contributed by atoms with Gasteiger partial charge in [0, 0.05) is 24.3 Å². The topological polar surface area (TPSA) is 55.6 Å². The van der Waals surface area contributed by atoms with Gasteiger partial charge in [-0.25, -0.2) is 0 Å². The summed E-state index contributed by atoms with van der Waals surface area (Å²) >= 11 is 6.12. The largest absolute Gasteiger partial charge is 0.496 e. The lowest BCUT2D eigenvalue weighted by Gasteiger charge is -2.19. The Morgan fingerprint density at radius 3 is 2.67 bits per heavy atom. The fraction of sp³-hybridized carbons (Fsp3) is 0.188. The van der Waals surface area contributed by atoms with E-state index in [-0.39, 0.29) is 5.91 Å². The molecule has 0 spiro atoms. The van der Waals surface area contributed by atoms with Gasteiger partial charge in [0.1, 0.15) is 5.75 Å². The quantitative estimate of drug-likeness (QED) is 0.883. The minimum atomic E-state index is -0.168. The van der Waals surface area contributed by atoms with E-state index in [1.807, 2.05) is 18.2 Å². The van der Waals surface area contributed by atoms with Crippen LogP contribution in [0.25, 0.3) is 0 Å². The van der Waals surface area contributed by atoms with Crippen LogP contribution in [-0.4, -0.2) is 25.0 Å². The van der Waals surface area contributed by atoms with Crippen molar-refractivity contribution >= 4 is 23.2 Å². The molecule has 0 radical (unpaired) electrons. The summed E-state index contributed by atoms with van der Waals surface area (Å²) < 4.78 is 5.22. The average molecular weight is 305 g/mol. The molecule has 2 aromatic carbocycles. The maximum Gasteiger partial charge on any atom is 0.257 e. The molecule has 0 unspecified atom stereocenters. The Labute approximate surface area is 129 Å². The molecule has 0 fully saturated rings. The van der Waals surface area contributed by atoms with Crippen molar-refractivity contribution in [3.63, 3.8) is 0 Å². The molecule has 0 atom stereocenters. The number of ether oxygens (including phenoxy) is 1. The van der Waals surface area contributed by atoms with Crippen molar-refractivity contribution < 1.29 is 9.53 Å². The van der Waals surface area contributed by atoms with Gasteiger partial charge in [0.15, 0.2) is 0 Å². The average Bonchev–Trinajstić information content (AvgIpc) is 2.48. The lowest BCUT2D eigenvalue weighted by atomic mass is 10.1. The molecule has 0 heterocycles. The summed E-state index contributed by atoms with van der Waals surface area (Å²) in [7, 11) is 3.24. The van der Waals surface area contributed by atoms with Crippen molar-refractivity contribution in [3.8, 4) is 5.75 Å². The molecule has 2 rings (SSSR count). The van der Waals surface area contributed by atoms with Gasteiger partial charge in [0.05, 0.1) is 12.7 Å². The van der Waals surface area contributed by atoms with Crippen LogP contribution in [0.1, 0.15) is 15.9 Å². The summed E-state index contributed by atoms with van der Waals surface area (Å²) in [4.78, 5) is 14.1. The number of halogens is 1. The summed E-state index contributed by atoms with van der Waals surface area (Å²) in [6, 6.07) is 12.4. The number of methoxy groups -OCH3 is 1. The zero-order valence-electron chi connectivity index (χ0n) is 12.0. The van der Waals surface area contributed by atoms with Gasteiger partial charge in [0.25, 0.3) is 5.91 Å². The van der Waals surface area contributed by atoms with Gasteiger partial charge >= 0.3 is 0 Å². The number of benzene rings is 2. The van der Waals surface area contributed by atoms with E-state index in [1.54, 1.807) is 36.2 Å². The Kier molecular flexibility index (Phi) is 4.70. The maximum atomic E-state index is 12.5. The predicted molar refractivity (Wildman–Crippen MR) is 84.7 cm³/mol. The van der Waals surface area contributed by atoms with Gasteiger partial charge in [0.2, 0.25) is 0 Å². The molecule has 0 aliphatic carbocycles. The lowest BCUT2D eigenvalue weighted by Crippen LogP contribution is -2.26. The number of anilines is 1. The number of carbonyl (C=O) groups is 1. The fourth-order valence-corrected chi connectivity index (χ4v) is 2.25. The second kappa shape index (κ2) is 6.50. The molecule has 2 N–H and O–H groups in total. The first kappa shape index (κ1) is 15.2. The second-order valence-corrected chi connectivity index (χ2v) is 5.12. The molecule has 5 heteroatoms. The molecule has 2 aromatic rings. The molecule has 21 heavy (non-hydrogen) atoms. The van der Waals surface area contributed by atoms with Gasteiger partial charge in [-0.3, -0.25) is 4.79 Å². The Morgan fingerprint density at radius 2 is 2.00 bits per heavy atom. The summed E-state index contributed by atoms with van der Waals surface area (Å²) in [5.74, 6) is 0.333. The highest BCUT2D eigenvalue weighted by atomic mass is 35.5. The van der Waals surface area contributed by atoms with Gasteiger partial charge in [-0.05, 0) is 29.8 Å². The van der Waals surface area contributed by atoms with E-state index in [1.165, 1.54) is 7.11 Å². The molecular weight excluding hydrogens is 288 g/mol. The van der Waals surface area contributed by atoms with Crippen LogP contribution < -0.4 is 10.5 Å². The second-order valence-electron chi connectivity index (χ2n) is 4.71. The van der Waals surface area contributed by atoms with E-state index in [0.29, 0.717) is 28.6 Å². The van der Waals surface area contributed by atoms with E-state index in [2.05, 4.69) is 0 Å². The number of nitrogen functional groups attached to an aromatic ring is 1. The predicted octanol–water partition coefficient (Wildman–Crippen LogP) is 3.20. The van der Waals surface area contributed by atoms with Crippen LogP contribution in [0.15, 0.2) is 42.5 Å². The molecule has 0 saturated heterocycles. The molecule has 1 amide bonds. The number of rotatable bonds is 4. The zero-order chi connectivity index (χ0) is 15.4. The fourth-order valence-electron chi connectivity index (χ4n) is 2.05. The van der Waals surface area contributed by atoms with E-state index in [4.69, 9.17) is 22.1 Å². The van der Waals surface area contributed by atoms with E-state index < -0.39 is 0 Å². The molecule has 110 valence electrons. The SMILES string of the molecule is COc1ccc(N)cc1C(=O)N(C)Cc1ccccc1Cl. The summed E-state index contributed by atoms with van der Waals surface area (Å²) in [6.07, 6.45) is 0. The number of hydrogen-bond acceptors (Lipinski definition) is 3. The first-order valence-corrected chi connectivity index (χ1v) is 6.83. The molecule has 0 saturated carbocycles. The molecule has 0 aliphatic rings. The number of nitrogens with two attached hydrogens (primary N) is 1. The minimum Gasteiger partial charge on any atom is -0.496 e. The van der Waals surface area contributed by atoms with E-state index in [9.17, 15) is 4.79 Å². The summed E-state index contributed by atoms with van der Waals surface area (Å²) in [5.41, 5.74) is 7.59. The smallest absolute Gasteiger partial charge is 0.257 e. The number of nitrogens with zero attached hydrogens (tertiary/aromatic N) is 1. The third kappa shape index (κ3) is 3.47. The van der Waals surface area contributed by atoms with Crippen molar-refractivity contribution in [3.05, 3.63) is 58.6 Å². The number of hydrogen-bond donors (Lipinski definition) is 1. The van der Waals surface area contributed by atoms with Crippen LogP contribution in [0.3, 0.4) is 0 Å². The molecule has 4 nitrogen and oxygen atoms in total. The van der Waals surface area contributed by atoms with Crippen molar-refractivity contribution in [2.45, 2.75) is 6.54 Å². The number of amides is 1. The van der Waals surface area contributed by atoms with Crippen molar-refractivity contribution in [2.24, 2.45) is 0 Å². The zero-order valence-corrected chi connectivity index (χ0v) is 12.7. The Balaban J connectivity index is 2.24. The Bertz CT molecular complexity index is 658. The minimum absolute atomic E-state index is 0.168. The molecule has 0 bridgehead atoms. The first-order chi connectivity index (χ1) is 10.0. The van der Waals surface area contributed by atoms with Crippen molar-refractivity contribution in [1.82, 2.24) is 4.90 Å². The maximum absolute atomic E-state index is 12.5. The monoisotopic (exact) mass is 304 g/mol. The highest BCUT2D eigenvalue weighted by Crippen LogP contribution is 2.24. The van der Waals surface area contributed by atoms with Crippen LogP contribution in [0, 0.1) is 0 Å². The third-order valence-electron chi connectivity index (χ3n) is 3.17. The Morgan fingerprint density at radius 1 is 1.29 bits per heavy atom. The molecular formula is C16H17ClN2O2. The van der Waals surface area contributed by atoms with Gasteiger partial charge < -0.3 is 15.4 Å². The van der Waals surface area contributed by atoms with Crippen LogP contribution in [0.5, 0.6) is 5.75 Å². The summed E-state index contributed by atoms with van der Waals surface area (Å²) in [5, 5.41) is 0.636. The van der Waals surface area contributed by atoms with Crippen LogP contribution in [0.2, 0.25) is 5.02 Å². The normalized spacial score (nSPS) is 10.2. The molecule has 0 aliphatic heterocycles. The van der Waals surface area contributed by atoms with Gasteiger partial charge in [-0.15, -0.1) is 0 Å². The van der Waals surface area contributed by atoms with Crippen molar-refractivity contribution in [2.75, 3.05) is 19.9 Å². The van der Waals surface area contributed by atoms with Gasteiger partial charge in [-0.2, -0.15) is 0 Å². The number of carbonyl (C=O) groups excluding carboxylic acids is 1. The standard InChI is InChI=1S/C16H17ClN2O2/c1-19(10-11-5-3-4-6-14(11)17)16(20)13-9-12(18)7-8-15(13)21-2/h3-9H,10,18H2,1-2H3. The van der Waals surface area contributed by atoms with Crippen LogP contribution in [0.4, 0.5) is 5.69 Å². The summed E-state index contributed by atoms with van der Waals surface area (Å²) in [6.45, 7) is 0.413. The lowest BCUT2D eigenvalue weighted by molar-refractivity contribution is 0.0782. The third-order valence-corrected chi connectivity index (χ3v) is 3.53. The van der Waals surface area contributed by atoms with Crippen molar-refractivity contribution in [1.29, 1.82) is 0 Å². The highest BCUT2D eigenvalue weighted by Gasteiger charge is 2.17.